The van der Waals surface area contributed by atoms with Gasteiger partial charge in [0.2, 0.25) is 11.7 Å². The molecule has 48 heavy (non-hydrogen) atoms. The third-order valence-corrected chi connectivity index (χ3v) is 10.5. The van der Waals surface area contributed by atoms with Crippen LogP contribution in [0.25, 0.3) is 11.5 Å². The molecule has 3 aromatic heterocycles. The molecule has 1 aromatic carbocycles. The van der Waals surface area contributed by atoms with Gasteiger partial charge in [0.25, 0.3) is 0 Å². The SMILES string of the molecule is CCCc1ccccc1C1Cc2nc(OC)nc(N3CCCn4nc(-c5noc(C)n5)c(Cl)c4C3)c2CN1C.FC1CC2CCCN2C1. The first-order valence-corrected chi connectivity index (χ1v) is 17.6. The molecule has 3 atom stereocenters. The number of likely N-dealkylation sites (N-methyl/N-ethyl adjacent to an activating group) is 1. The van der Waals surface area contributed by atoms with Crippen molar-refractivity contribution in [2.24, 2.45) is 0 Å². The Morgan fingerprint density at radius 1 is 1.08 bits per heavy atom. The van der Waals surface area contributed by atoms with Crippen LogP contribution < -0.4 is 9.64 Å². The van der Waals surface area contributed by atoms with Gasteiger partial charge in [-0.25, -0.2) is 4.39 Å². The van der Waals surface area contributed by atoms with Crippen LogP contribution in [0.15, 0.2) is 28.8 Å². The van der Waals surface area contributed by atoms with Gasteiger partial charge in [0, 0.05) is 57.2 Å². The first-order valence-electron chi connectivity index (χ1n) is 17.2. The van der Waals surface area contributed by atoms with E-state index in [0.717, 1.165) is 81.1 Å². The predicted molar refractivity (Wildman–Crippen MR) is 182 cm³/mol. The lowest BCUT2D eigenvalue weighted by Gasteiger charge is -2.37. The number of benzene rings is 1. The highest BCUT2D eigenvalue weighted by molar-refractivity contribution is 6.33. The van der Waals surface area contributed by atoms with Gasteiger partial charge in [-0.15, -0.1) is 0 Å². The third kappa shape index (κ3) is 6.54. The van der Waals surface area contributed by atoms with E-state index in [9.17, 15) is 4.39 Å². The Balaban J connectivity index is 0.000000347. The molecule has 0 saturated carbocycles. The number of methoxy groups -OCH3 is 1. The molecule has 4 aliphatic heterocycles. The zero-order valence-corrected chi connectivity index (χ0v) is 29.1. The monoisotopic (exact) mass is 677 g/mol. The number of hydrogen-bond acceptors (Lipinski definition) is 10. The maximum atomic E-state index is 12.6. The molecule has 13 heteroatoms. The average molecular weight is 678 g/mol. The summed E-state index contributed by atoms with van der Waals surface area (Å²) in [5.41, 5.74) is 6.42. The minimum Gasteiger partial charge on any atom is -0.467 e. The van der Waals surface area contributed by atoms with Crippen LogP contribution in [0.4, 0.5) is 10.2 Å². The summed E-state index contributed by atoms with van der Waals surface area (Å²) in [6.07, 6.45) is 6.69. The van der Waals surface area contributed by atoms with Crippen LogP contribution in [0, 0.1) is 6.92 Å². The van der Waals surface area contributed by atoms with Crippen LogP contribution in [-0.2, 0) is 32.5 Å². The van der Waals surface area contributed by atoms with E-state index in [1.807, 2.05) is 4.68 Å². The summed E-state index contributed by atoms with van der Waals surface area (Å²) >= 11 is 6.87. The van der Waals surface area contributed by atoms with Crippen LogP contribution in [0.1, 0.15) is 79.0 Å². The summed E-state index contributed by atoms with van der Waals surface area (Å²) < 4.78 is 25.3. The molecule has 2 saturated heterocycles. The summed E-state index contributed by atoms with van der Waals surface area (Å²) in [6.45, 7) is 8.70. The minimum absolute atomic E-state index is 0.244. The summed E-state index contributed by atoms with van der Waals surface area (Å²) in [5, 5.41) is 9.30. The van der Waals surface area contributed by atoms with Crippen molar-refractivity contribution in [3.63, 3.8) is 0 Å². The Morgan fingerprint density at radius 3 is 2.71 bits per heavy atom. The average Bonchev–Trinajstić information content (AvgIpc) is 3.83. The molecular formula is C35H45ClFN9O2. The van der Waals surface area contributed by atoms with E-state index in [0.29, 0.717) is 47.6 Å². The molecule has 3 unspecified atom stereocenters. The van der Waals surface area contributed by atoms with Crippen molar-refractivity contribution >= 4 is 17.4 Å². The molecule has 11 nitrogen and oxygen atoms in total. The number of hydrogen-bond donors (Lipinski definition) is 0. The molecule has 2 fully saturated rings. The van der Waals surface area contributed by atoms with E-state index in [1.54, 1.807) is 14.0 Å². The Labute approximate surface area is 286 Å². The van der Waals surface area contributed by atoms with Crippen molar-refractivity contribution in [2.75, 3.05) is 38.7 Å². The number of aryl methyl sites for hydroxylation is 3. The summed E-state index contributed by atoms with van der Waals surface area (Å²) in [7, 11) is 3.82. The molecule has 256 valence electrons. The first-order chi connectivity index (χ1) is 23.3. The molecule has 0 spiro atoms. The zero-order chi connectivity index (χ0) is 33.4. The van der Waals surface area contributed by atoms with E-state index >= 15 is 0 Å². The van der Waals surface area contributed by atoms with Crippen LogP contribution in [0.3, 0.4) is 0 Å². The maximum Gasteiger partial charge on any atom is 0.318 e. The number of fused-ring (bicyclic) bond motifs is 3. The smallest absolute Gasteiger partial charge is 0.318 e. The van der Waals surface area contributed by atoms with Crippen molar-refractivity contribution in [1.29, 1.82) is 0 Å². The second-order valence-corrected chi connectivity index (χ2v) is 13.8. The number of alkyl halides is 1. The van der Waals surface area contributed by atoms with Gasteiger partial charge < -0.3 is 14.2 Å². The van der Waals surface area contributed by atoms with Crippen LogP contribution in [0.5, 0.6) is 6.01 Å². The van der Waals surface area contributed by atoms with E-state index in [1.165, 1.54) is 24.0 Å². The Morgan fingerprint density at radius 2 is 1.94 bits per heavy atom. The van der Waals surface area contributed by atoms with Crippen molar-refractivity contribution in [2.45, 2.75) is 96.7 Å². The number of ether oxygens (including phenoxy) is 1. The minimum atomic E-state index is -0.518. The molecule has 0 bridgehead atoms. The quantitative estimate of drug-likeness (QED) is 0.242. The van der Waals surface area contributed by atoms with Crippen LogP contribution >= 0.6 is 11.6 Å². The fourth-order valence-corrected chi connectivity index (χ4v) is 8.09. The van der Waals surface area contributed by atoms with Gasteiger partial charge in [0.1, 0.15) is 12.0 Å². The lowest BCUT2D eigenvalue weighted by molar-refractivity contribution is 0.212. The molecule has 8 rings (SSSR count). The van der Waals surface area contributed by atoms with E-state index in [4.69, 9.17) is 35.9 Å². The second-order valence-electron chi connectivity index (χ2n) is 13.4. The molecular weight excluding hydrogens is 633 g/mol. The topological polar surface area (TPSA) is 101 Å². The fraction of sp³-hybridized carbons (Fsp3) is 0.571. The number of halogens is 2. The largest absolute Gasteiger partial charge is 0.467 e. The Hall–Kier alpha value is -3.61. The van der Waals surface area contributed by atoms with Crippen molar-refractivity contribution < 1.29 is 13.7 Å². The molecule has 0 radical (unpaired) electrons. The molecule has 0 aliphatic carbocycles. The highest BCUT2D eigenvalue weighted by atomic mass is 35.5. The van der Waals surface area contributed by atoms with Gasteiger partial charge in [0.15, 0.2) is 5.69 Å². The highest BCUT2D eigenvalue weighted by Gasteiger charge is 2.35. The van der Waals surface area contributed by atoms with Crippen molar-refractivity contribution in [1.82, 2.24) is 39.7 Å². The van der Waals surface area contributed by atoms with E-state index in [-0.39, 0.29) is 6.04 Å². The van der Waals surface area contributed by atoms with E-state index in [2.05, 4.69) is 63.1 Å². The predicted octanol–water partition coefficient (Wildman–Crippen LogP) is 5.98. The van der Waals surface area contributed by atoms with Gasteiger partial charge in [-0.05, 0) is 56.8 Å². The second kappa shape index (κ2) is 14.1. The number of rotatable bonds is 6. The van der Waals surface area contributed by atoms with Crippen molar-refractivity contribution in [3.05, 3.63) is 63.3 Å². The molecule has 4 aromatic rings. The molecule has 0 amide bonds. The highest BCUT2D eigenvalue weighted by Crippen LogP contribution is 2.39. The lowest BCUT2D eigenvalue weighted by Crippen LogP contribution is -2.35. The van der Waals surface area contributed by atoms with E-state index < -0.39 is 6.17 Å². The van der Waals surface area contributed by atoms with Gasteiger partial charge in [-0.1, -0.05) is 54.4 Å². The molecule has 0 N–H and O–H groups in total. The molecule has 7 heterocycles. The summed E-state index contributed by atoms with van der Waals surface area (Å²) in [4.78, 5) is 21.0. The Kier molecular flexibility index (Phi) is 9.66. The number of aromatic nitrogens is 6. The standard InChI is InChI=1S/C28H33ClN8O2.C7H12FN/c1-5-9-18-10-6-7-11-19(18)22-14-21-20(15-35(22)3)27(32-28(31-21)38-4)36-12-8-13-37-23(16-36)24(29)25(33-37)26-30-17(2)39-34-26;8-6-4-7-2-1-3-9(7)5-6/h6-7,10-11,22H,5,8-9,12-16H2,1-4H3;6-7H,1-5H2. The van der Waals surface area contributed by atoms with Crippen LogP contribution in [0.2, 0.25) is 5.02 Å². The van der Waals surface area contributed by atoms with Crippen molar-refractivity contribution in [3.8, 4) is 17.5 Å². The third-order valence-electron chi connectivity index (χ3n) is 10.1. The van der Waals surface area contributed by atoms with Gasteiger partial charge in [-0.3, -0.25) is 14.5 Å². The summed E-state index contributed by atoms with van der Waals surface area (Å²) in [5.74, 6) is 1.78. The first kappa shape index (κ1) is 32.9. The molecule has 4 aliphatic rings. The fourth-order valence-electron chi connectivity index (χ4n) is 7.81. The van der Waals surface area contributed by atoms with Gasteiger partial charge in [-0.2, -0.15) is 20.1 Å². The maximum absolute atomic E-state index is 12.6. The van der Waals surface area contributed by atoms with Gasteiger partial charge >= 0.3 is 6.01 Å². The Bertz CT molecular complexity index is 1730. The number of anilines is 1. The number of nitrogens with zero attached hydrogens (tertiary/aromatic N) is 9. The zero-order valence-electron chi connectivity index (χ0n) is 28.3. The van der Waals surface area contributed by atoms with Gasteiger partial charge in [0.05, 0.1) is 30.1 Å². The normalized spacial score (nSPS) is 22.5. The van der Waals surface area contributed by atoms with Crippen LogP contribution in [-0.4, -0.2) is 85.7 Å². The lowest BCUT2D eigenvalue weighted by atomic mass is 9.89. The summed E-state index contributed by atoms with van der Waals surface area (Å²) in [6, 6.07) is 10.0.